The fourth-order valence-corrected chi connectivity index (χ4v) is 1.88. The SMILES string of the molecule is CCOC(=O)C1CC(=O)C=C(OC(=O)C2CC2)C1. The van der Waals surface area contributed by atoms with Crippen LogP contribution in [-0.4, -0.2) is 24.3 Å². The van der Waals surface area contributed by atoms with Crippen LogP contribution in [0.3, 0.4) is 0 Å². The fourth-order valence-electron chi connectivity index (χ4n) is 1.88. The smallest absolute Gasteiger partial charge is 0.314 e. The Kier molecular flexibility index (Phi) is 3.79. The van der Waals surface area contributed by atoms with Crippen molar-refractivity contribution in [1.82, 2.24) is 0 Å². The molecule has 0 aromatic rings. The third-order valence-electron chi connectivity index (χ3n) is 2.98. The van der Waals surface area contributed by atoms with E-state index in [1.165, 1.54) is 6.08 Å². The second kappa shape index (κ2) is 5.33. The number of carbonyl (C=O) groups excluding carboxylic acids is 3. The zero-order chi connectivity index (χ0) is 13.1. The zero-order valence-electron chi connectivity index (χ0n) is 10.3. The highest BCUT2D eigenvalue weighted by Gasteiger charge is 2.34. The van der Waals surface area contributed by atoms with Crippen molar-refractivity contribution in [3.63, 3.8) is 0 Å². The van der Waals surface area contributed by atoms with E-state index in [2.05, 4.69) is 0 Å². The molecule has 0 aromatic carbocycles. The molecule has 0 bridgehead atoms. The summed E-state index contributed by atoms with van der Waals surface area (Å²) in [7, 11) is 0. The molecule has 5 heteroatoms. The van der Waals surface area contributed by atoms with Gasteiger partial charge in [-0.05, 0) is 19.8 Å². The van der Waals surface area contributed by atoms with Crippen LogP contribution < -0.4 is 0 Å². The van der Waals surface area contributed by atoms with E-state index in [1.807, 2.05) is 0 Å². The van der Waals surface area contributed by atoms with Crippen LogP contribution in [-0.2, 0) is 23.9 Å². The summed E-state index contributed by atoms with van der Waals surface area (Å²) in [6.07, 6.45) is 3.41. The molecule has 0 N–H and O–H groups in total. The van der Waals surface area contributed by atoms with Gasteiger partial charge in [0.05, 0.1) is 18.4 Å². The Bertz CT molecular complexity index is 406. The summed E-state index contributed by atoms with van der Waals surface area (Å²) in [5, 5.41) is 0. The third kappa shape index (κ3) is 3.18. The van der Waals surface area contributed by atoms with Crippen LogP contribution in [0.2, 0.25) is 0 Å². The van der Waals surface area contributed by atoms with Crippen molar-refractivity contribution in [3.05, 3.63) is 11.8 Å². The highest BCUT2D eigenvalue weighted by atomic mass is 16.5. The quantitative estimate of drug-likeness (QED) is 0.707. The molecular formula is C13H16O5. The minimum atomic E-state index is -0.524. The first-order valence-corrected chi connectivity index (χ1v) is 6.22. The largest absolute Gasteiger partial charge is 0.466 e. The van der Waals surface area contributed by atoms with Crippen LogP contribution in [0, 0.1) is 11.8 Å². The van der Waals surface area contributed by atoms with E-state index >= 15 is 0 Å². The molecule has 0 aromatic heterocycles. The fraction of sp³-hybridized carbons (Fsp3) is 0.615. The van der Waals surface area contributed by atoms with E-state index < -0.39 is 11.9 Å². The summed E-state index contributed by atoms with van der Waals surface area (Å²) in [4.78, 5) is 34.6. The number of rotatable bonds is 4. The molecule has 0 saturated heterocycles. The second-order valence-corrected chi connectivity index (χ2v) is 4.63. The predicted octanol–water partition coefficient (Wildman–Crippen LogP) is 1.37. The maximum atomic E-state index is 11.6. The standard InChI is InChI=1S/C13H16O5/c1-2-17-12(15)9-5-10(14)7-11(6-9)18-13(16)8-3-4-8/h7-9H,2-6H2,1H3. The Balaban J connectivity index is 1.95. The van der Waals surface area contributed by atoms with Gasteiger partial charge in [0, 0.05) is 18.9 Å². The molecule has 0 amide bonds. The zero-order valence-corrected chi connectivity index (χ0v) is 10.3. The number of ketones is 1. The van der Waals surface area contributed by atoms with Crippen molar-refractivity contribution in [2.24, 2.45) is 11.8 Å². The summed E-state index contributed by atoms with van der Waals surface area (Å²) in [5.74, 6) is -1.15. The number of esters is 2. The first kappa shape index (κ1) is 12.8. The molecule has 2 aliphatic rings. The molecule has 0 aliphatic heterocycles. The minimum absolute atomic E-state index is 0.0241. The van der Waals surface area contributed by atoms with Gasteiger partial charge in [-0.2, -0.15) is 0 Å². The van der Waals surface area contributed by atoms with E-state index in [0.717, 1.165) is 12.8 Å². The lowest BCUT2D eigenvalue weighted by atomic mass is 9.92. The molecule has 2 aliphatic carbocycles. The van der Waals surface area contributed by atoms with E-state index in [9.17, 15) is 14.4 Å². The predicted molar refractivity (Wildman–Crippen MR) is 61.3 cm³/mol. The third-order valence-corrected chi connectivity index (χ3v) is 2.98. The Morgan fingerprint density at radius 2 is 1.94 bits per heavy atom. The molecule has 0 spiro atoms. The average Bonchev–Trinajstić information content (AvgIpc) is 3.12. The molecule has 1 fully saturated rings. The van der Waals surface area contributed by atoms with Crippen LogP contribution in [0.1, 0.15) is 32.6 Å². The van der Waals surface area contributed by atoms with Crippen LogP contribution in [0.5, 0.6) is 0 Å². The maximum absolute atomic E-state index is 11.6. The van der Waals surface area contributed by atoms with Gasteiger partial charge in [-0.3, -0.25) is 14.4 Å². The van der Waals surface area contributed by atoms with Crippen molar-refractivity contribution in [3.8, 4) is 0 Å². The molecule has 0 heterocycles. The van der Waals surface area contributed by atoms with Crippen LogP contribution >= 0.6 is 0 Å². The van der Waals surface area contributed by atoms with Crippen LogP contribution in [0.15, 0.2) is 11.8 Å². The van der Waals surface area contributed by atoms with E-state index in [-0.39, 0.29) is 37.1 Å². The topological polar surface area (TPSA) is 69.7 Å². The average molecular weight is 252 g/mol. The van der Waals surface area contributed by atoms with Gasteiger partial charge in [0.1, 0.15) is 5.76 Å². The molecule has 2 rings (SSSR count). The highest BCUT2D eigenvalue weighted by molar-refractivity contribution is 5.95. The first-order valence-electron chi connectivity index (χ1n) is 6.22. The van der Waals surface area contributed by atoms with Crippen molar-refractivity contribution >= 4 is 17.7 Å². The van der Waals surface area contributed by atoms with Gasteiger partial charge in [-0.15, -0.1) is 0 Å². The Morgan fingerprint density at radius 1 is 1.22 bits per heavy atom. The van der Waals surface area contributed by atoms with Crippen molar-refractivity contribution in [2.75, 3.05) is 6.61 Å². The Hall–Kier alpha value is -1.65. The monoisotopic (exact) mass is 252 g/mol. The lowest BCUT2D eigenvalue weighted by Crippen LogP contribution is -2.25. The number of hydrogen-bond acceptors (Lipinski definition) is 5. The van der Waals surface area contributed by atoms with Gasteiger partial charge in [0.15, 0.2) is 5.78 Å². The lowest BCUT2D eigenvalue weighted by Gasteiger charge is -2.19. The molecule has 1 unspecified atom stereocenters. The van der Waals surface area contributed by atoms with Gasteiger partial charge < -0.3 is 9.47 Å². The summed E-state index contributed by atoms with van der Waals surface area (Å²) in [6, 6.07) is 0. The number of hydrogen-bond donors (Lipinski definition) is 0. The van der Waals surface area contributed by atoms with Crippen LogP contribution in [0.4, 0.5) is 0 Å². The molecule has 98 valence electrons. The first-order chi connectivity index (χ1) is 8.60. The summed E-state index contributed by atoms with van der Waals surface area (Å²) >= 11 is 0. The maximum Gasteiger partial charge on any atom is 0.314 e. The number of carbonyl (C=O) groups is 3. The molecule has 1 saturated carbocycles. The second-order valence-electron chi connectivity index (χ2n) is 4.63. The van der Waals surface area contributed by atoms with Crippen molar-refractivity contribution < 1.29 is 23.9 Å². The lowest BCUT2D eigenvalue weighted by molar-refractivity contribution is -0.151. The van der Waals surface area contributed by atoms with Crippen molar-refractivity contribution in [2.45, 2.75) is 32.6 Å². The number of ether oxygens (including phenoxy) is 2. The molecule has 18 heavy (non-hydrogen) atoms. The molecular weight excluding hydrogens is 236 g/mol. The summed E-state index contributed by atoms with van der Waals surface area (Å²) in [6.45, 7) is 2.00. The Morgan fingerprint density at radius 3 is 2.56 bits per heavy atom. The summed E-state index contributed by atoms with van der Waals surface area (Å²) < 4.78 is 10.0. The molecule has 0 radical (unpaired) electrons. The minimum Gasteiger partial charge on any atom is -0.466 e. The van der Waals surface area contributed by atoms with E-state index in [0.29, 0.717) is 5.76 Å². The normalized spacial score (nSPS) is 23.3. The number of allylic oxidation sites excluding steroid dienone is 2. The molecule has 1 atom stereocenters. The van der Waals surface area contributed by atoms with E-state index in [1.54, 1.807) is 6.92 Å². The van der Waals surface area contributed by atoms with Gasteiger partial charge in [0.2, 0.25) is 0 Å². The Labute approximate surface area is 105 Å². The summed E-state index contributed by atoms with van der Waals surface area (Å²) in [5.41, 5.74) is 0. The van der Waals surface area contributed by atoms with Gasteiger partial charge >= 0.3 is 11.9 Å². The highest BCUT2D eigenvalue weighted by Crippen LogP contribution is 2.32. The van der Waals surface area contributed by atoms with Crippen molar-refractivity contribution in [1.29, 1.82) is 0 Å². The van der Waals surface area contributed by atoms with E-state index in [4.69, 9.17) is 9.47 Å². The van der Waals surface area contributed by atoms with Gasteiger partial charge in [-0.1, -0.05) is 0 Å². The van der Waals surface area contributed by atoms with Gasteiger partial charge in [0.25, 0.3) is 0 Å². The van der Waals surface area contributed by atoms with Crippen LogP contribution in [0.25, 0.3) is 0 Å². The molecule has 5 nitrogen and oxygen atoms in total. The van der Waals surface area contributed by atoms with Gasteiger partial charge in [-0.25, -0.2) is 0 Å².